The first-order chi connectivity index (χ1) is 20.7. The number of ether oxygens (including phenoxy) is 2. The van der Waals surface area contributed by atoms with Gasteiger partial charge >= 0.3 is 0 Å². The Morgan fingerprint density at radius 1 is 1.23 bits per heavy atom. The Hall–Kier alpha value is -3.76. The lowest BCUT2D eigenvalue weighted by Crippen LogP contribution is -2.62. The number of aromatic nitrogens is 3. The average molecular weight is 655 g/mol. The molecule has 1 aliphatic carbocycles. The van der Waals surface area contributed by atoms with E-state index in [9.17, 15) is 29.8 Å². The van der Waals surface area contributed by atoms with Crippen molar-refractivity contribution in [2.24, 2.45) is 0 Å². The predicted molar refractivity (Wildman–Crippen MR) is 152 cm³/mol. The zero-order chi connectivity index (χ0) is 30.8. The molecule has 2 aromatic carbocycles. The van der Waals surface area contributed by atoms with Crippen molar-refractivity contribution in [3.8, 4) is 23.4 Å². The average Bonchev–Trinajstić information content (AvgIpc) is 3.66. The number of benzene rings is 2. The normalized spacial score (nSPS) is 26.9. The topological polar surface area (TPSA) is 178 Å². The lowest BCUT2D eigenvalue weighted by atomic mass is 9.91. The van der Waals surface area contributed by atoms with Crippen LogP contribution in [0.15, 0.2) is 47.1 Å². The highest BCUT2D eigenvalue weighted by Crippen LogP contribution is 2.37. The van der Waals surface area contributed by atoms with E-state index in [1.54, 1.807) is 18.2 Å². The van der Waals surface area contributed by atoms with Crippen molar-refractivity contribution in [2.75, 3.05) is 18.6 Å². The van der Waals surface area contributed by atoms with Crippen molar-refractivity contribution >= 4 is 27.5 Å². The van der Waals surface area contributed by atoms with Crippen molar-refractivity contribution in [3.05, 3.63) is 64.0 Å². The third-order valence-corrected chi connectivity index (χ3v) is 8.34. The van der Waals surface area contributed by atoms with E-state index in [-0.39, 0.29) is 11.3 Å². The molecule has 5 rings (SSSR count). The van der Waals surface area contributed by atoms with Gasteiger partial charge in [-0.25, -0.2) is 9.07 Å². The van der Waals surface area contributed by atoms with Gasteiger partial charge in [-0.3, -0.25) is 4.79 Å². The lowest BCUT2D eigenvalue weighted by Gasteiger charge is -2.45. The van der Waals surface area contributed by atoms with Crippen molar-refractivity contribution < 1.29 is 34.0 Å². The van der Waals surface area contributed by atoms with Crippen molar-refractivity contribution in [1.29, 1.82) is 10.5 Å². The Labute approximate surface area is 254 Å². The molecular weight excluding hydrogens is 627 g/mol. The van der Waals surface area contributed by atoms with E-state index < -0.39 is 60.9 Å². The highest BCUT2D eigenvalue weighted by Gasteiger charge is 2.52. The first-order valence-electron chi connectivity index (χ1n) is 13.5. The van der Waals surface area contributed by atoms with Crippen LogP contribution in [-0.2, 0) is 14.3 Å². The van der Waals surface area contributed by atoms with Crippen molar-refractivity contribution in [3.63, 3.8) is 0 Å². The largest absolute Gasteiger partial charge is 0.394 e. The third-order valence-electron chi connectivity index (χ3n) is 7.89. The minimum Gasteiger partial charge on any atom is -0.394 e. The number of hydrogen-bond donors (Lipinski definition) is 3. The molecule has 0 radical (unpaired) electrons. The van der Waals surface area contributed by atoms with Crippen LogP contribution >= 0.6 is 15.9 Å². The van der Waals surface area contributed by atoms with Gasteiger partial charge in [-0.1, -0.05) is 27.2 Å². The summed E-state index contributed by atoms with van der Waals surface area (Å²) in [7, 11) is 1.34. The maximum Gasteiger partial charge on any atom is 0.259 e. The molecule has 0 bridgehead atoms. The molecule has 1 aliphatic heterocycles. The van der Waals surface area contributed by atoms with Crippen molar-refractivity contribution in [2.45, 2.75) is 61.9 Å². The number of carbonyl (C=O) groups is 1. The van der Waals surface area contributed by atoms with Gasteiger partial charge in [-0.15, -0.1) is 5.10 Å². The van der Waals surface area contributed by atoms with Gasteiger partial charge in [0, 0.05) is 22.8 Å². The van der Waals surface area contributed by atoms with Crippen LogP contribution in [0.5, 0.6) is 0 Å². The summed E-state index contributed by atoms with van der Waals surface area (Å²) in [6.07, 6.45) is -2.90. The Morgan fingerprint density at radius 3 is 2.65 bits per heavy atom. The fraction of sp³-hybridized carbons (Fsp3) is 0.414. The number of anilines is 1. The van der Waals surface area contributed by atoms with Crippen LogP contribution in [0.2, 0.25) is 0 Å². The van der Waals surface area contributed by atoms with Gasteiger partial charge in [-0.2, -0.15) is 10.5 Å². The van der Waals surface area contributed by atoms with Crippen LogP contribution in [-0.4, -0.2) is 86.5 Å². The van der Waals surface area contributed by atoms with Gasteiger partial charge in [0.25, 0.3) is 5.91 Å². The minimum absolute atomic E-state index is 0.133. The minimum atomic E-state index is -1.40. The second-order valence-electron chi connectivity index (χ2n) is 10.4. The van der Waals surface area contributed by atoms with Gasteiger partial charge in [-0.05, 0) is 49.6 Å². The highest BCUT2D eigenvalue weighted by atomic mass is 79.9. The molecule has 1 saturated carbocycles. The number of aliphatic hydroxyl groups is 3. The van der Waals surface area contributed by atoms with Crippen LogP contribution in [0.4, 0.5) is 10.1 Å². The Bertz CT molecular complexity index is 1590. The number of amides is 1. The van der Waals surface area contributed by atoms with Crippen LogP contribution in [0.3, 0.4) is 0 Å². The van der Waals surface area contributed by atoms with E-state index in [4.69, 9.17) is 14.7 Å². The molecule has 1 amide bonds. The van der Waals surface area contributed by atoms with E-state index in [0.29, 0.717) is 40.5 Å². The number of rotatable bonds is 7. The Kier molecular flexibility index (Phi) is 9.17. The number of carbonyl (C=O) groups excluding carboxylic acids is 1. The van der Waals surface area contributed by atoms with E-state index in [0.717, 1.165) is 6.07 Å². The van der Waals surface area contributed by atoms with Crippen LogP contribution in [0.1, 0.15) is 36.4 Å². The maximum absolute atomic E-state index is 14.4. The summed E-state index contributed by atoms with van der Waals surface area (Å²) in [5.41, 5.74) is 1.07. The number of aliphatic hydroxyl groups excluding tert-OH is 3. The van der Waals surface area contributed by atoms with Gasteiger partial charge in [0.05, 0.1) is 42.1 Å². The summed E-state index contributed by atoms with van der Waals surface area (Å²) in [5.74, 6) is -1.34. The first-order valence-corrected chi connectivity index (χ1v) is 14.3. The molecule has 0 spiro atoms. The van der Waals surface area contributed by atoms with Gasteiger partial charge < -0.3 is 29.7 Å². The van der Waals surface area contributed by atoms with E-state index in [1.807, 2.05) is 0 Å². The molecule has 43 heavy (non-hydrogen) atoms. The molecule has 224 valence electrons. The smallest absolute Gasteiger partial charge is 0.259 e. The number of methoxy groups -OCH3 is 1. The monoisotopic (exact) mass is 654 g/mol. The fourth-order valence-corrected chi connectivity index (χ4v) is 6.28. The molecule has 14 heteroatoms. The van der Waals surface area contributed by atoms with Crippen LogP contribution in [0.25, 0.3) is 11.3 Å². The SMILES string of the molecule is COC1C(C(=O)N(c2cc(Br)cc(C#N)c2)[C@H]2CCC[C@@H]2O)OC(CO)C(O)C1n1cc(-c2ccc(C#N)c(F)c2)nn1. The zero-order valence-electron chi connectivity index (χ0n) is 22.9. The molecule has 2 fully saturated rings. The van der Waals surface area contributed by atoms with E-state index in [2.05, 4.69) is 32.3 Å². The summed E-state index contributed by atoms with van der Waals surface area (Å²) in [4.78, 5) is 15.8. The zero-order valence-corrected chi connectivity index (χ0v) is 24.5. The summed E-state index contributed by atoms with van der Waals surface area (Å²) in [6, 6.07) is 10.9. The summed E-state index contributed by atoms with van der Waals surface area (Å²) in [6.45, 7) is -0.637. The molecule has 7 atom stereocenters. The predicted octanol–water partition coefficient (Wildman–Crippen LogP) is 2.21. The molecule has 2 aliphatic rings. The summed E-state index contributed by atoms with van der Waals surface area (Å²) in [5, 5.41) is 59.0. The highest BCUT2D eigenvalue weighted by molar-refractivity contribution is 9.10. The van der Waals surface area contributed by atoms with E-state index in [1.165, 1.54) is 41.1 Å². The fourth-order valence-electron chi connectivity index (χ4n) is 5.80. The molecule has 2 heterocycles. The van der Waals surface area contributed by atoms with Gasteiger partial charge in [0.1, 0.15) is 41.9 Å². The summed E-state index contributed by atoms with van der Waals surface area (Å²) < 4.78 is 27.8. The Balaban J connectivity index is 1.54. The Morgan fingerprint density at radius 2 is 2.02 bits per heavy atom. The quantitative estimate of drug-likeness (QED) is 0.342. The number of nitriles is 2. The molecule has 12 nitrogen and oxygen atoms in total. The maximum atomic E-state index is 14.4. The van der Waals surface area contributed by atoms with Gasteiger partial charge in [0.2, 0.25) is 0 Å². The molecule has 1 saturated heterocycles. The molecule has 5 unspecified atom stereocenters. The van der Waals surface area contributed by atoms with Gasteiger partial charge in [0.15, 0.2) is 6.10 Å². The standard InChI is InChI=1S/C29H28BrFN6O6/c1-42-27-25(36-13-21(34-35-36)16-5-6-17(12-33)20(31)9-16)26(40)24(14-38)43-28(27)29(41)37(22-3-2-4-23(22)39)19-8-15(11-32)7-18(30)10-19/h5-10,13,22-28,38-40H,2-4,14H2,1H3/t22-,23-,24?,25?,26?,27?,28?/m0/s1. The van der Waals surface area contributed by atoms with E-state index >= 15 is 0 Å². The number of halogens is 2. The van der Waals surface area contributed by atoms with Crippen molar-refractivity contribution in [1.82, 2.24) is 15.0 Å². The second kappa shape index (κ2) is 12.9. The van der Waals surface area contributed by atoms with Crippen LogP contribution in [0, 0.1) is 28.5 Å². The third kappa shape index (κ3) is 5.90. The number of hydrogen-bond acceptors (Lipinski definition) is 10. The second-order valence-corrected chi connectivity index (χ2v) is 11.3. The molecule has 3 aromatic rings. The van der Waals surface area contributed by atoms with Crippen LogP contribution < -0.4 is 4.90 Å². The number of nitrogens with zero attached hydrogens (tertiary/aromatic N) is 6. The molecule has 3 N–H and O–H groups in total. The lowest BCUT2D eigenvalue weighted by molar-refractivity contribution is -0.211. The first kappa shape index (κ1) is 30.7. The summed E-state index contributed by atoms with van der Waals surface area (Å²) >= 11 is 3.39. The molecular formula is C29H28BrFN6O6. The molecule has 1 aromatic heterocycles.